The van der Waals surface area contributed by atoms with Crippen LogP contribution >= 0.6 is 0 Å². The lowest BCUT2D eigenvalue weighted by Gasteiger charge is -2.27. The third kappa shape index (κ3) is 5.01. The Morgan fingerprint density at radius 2 is 1.95 bits per heavy atom. The van der Waals surface area contributed by atoms with Gasteiger partial charge in [0, 0.05) is 45.1 Å². The van der Waals surface area contributed by atoms with Crippen LogP contribution in [0.1, 0.15) is 12.8 Å². The molecule has 8 heteroatoms. The number of carbonyl (C=O) groups is 1. The van der Waals surface area contributed by atoms with Gasteiger partial charge in [-0.1, -0.05) is 0 Å². The van der Waals surface area contributed by atoms with E-state index in [-0.39, 0.29) is 17.6 Å². The fraction of sp³-hybridized carbons (Fsp3) is 0.917. The lowest BCUT2D eigenvalue weighted by atomic mass is 10.1. The van der Waals surface area contributed by atoms with Gasteiger partial charge in [0.25, 0.3) is 0 Å². The van der Waals surface area contributed by atoms with Crippen LogP contribution in [0.4, 0.5) is 0 Å². The number of morpholine rings is 1. The predicted molar refractivity (Wildman–Crippen MR) is 74.5 cm³/mol. The van der Waals surface area contributed by atoms with E-state index < -0.39 is 10.0 Å². The van der Waals surface area contributed by atoms with Crippen LogP contribution in [-0.2, 0) is 19.6 Å². The zero-order valence-corrected chi connectivity index (χ0v) is 12.5. The highest BCUT2D eigenvalue weighted by Gasteiger charge is 2.31. The number of hydrogen-bond acceptors (Lipinski definition) is 5. The molecule has 2 rings (SSSR count). The molecule has 0 aromatic carbocycles. The van der Waals surface area contributed by atoms with Crippen molar-refractivity contribution in [2.45, 2.75) is 12.8 Å². The molecule has 0 saturated carbocycles. The molecule has 1 unspecified atom stereocenters. The van der Waals surface area contributed by atoms with Crippen molar-refractivity contribution in [3.05, 3.63) is 0 Å². The van der Waals surface area contributed by atoms with Gasteiger partial charge in [-0.05, 0) is 6.42 Å². The molecule has 1 amide bonds. The number of sulfonamides is 1. The van der Waals surface area contributed by atoms with E-state index in [9.17, 15) is 13.2 Å². The Bertz CT molecular complexity index is 434. The van der Waals surface area contributed by atoms with Crippen molar-refractivity contribution in [2.75, 3.05) is 51.7 Å². The summed E-state index contributed by atoms with van der Waals surface area (Å²) in [5, 5.41) is 5.03. The van der Waals surface area contributed by atoms with Gasteiger partial charge in [0.05, 0.1) is 19.0 Å². The lowest BCUT2D eigenvalue weighted by molar-refractivity contribution is -0.127. The Labute approximate surface area is 120 Å². The van der Waals surface area contributed by atoms with Crippen LogP contribution in [0.15, 0.2) is 0 Å². The highest BCUT2D eigenvalue weighted by molar-refractivity contribution is 7.89. The Balaban J connectivity index is 1.69. The second kappa shape index (κ2) is 6.84. The van der Waals surface area contributed by atoms with Gasteiger partial charge in [-0.2, -0.15) is 0 Å². The van der Waals surface area contributed by atoms with Gasteiger partial charge in [0.15, 0.2) is 0 Å². The predicted octanol–water partition coefficient (Wildman–Crippen LogP) is -1.15. The Morgan fingerprint density at radius 1 is 1.25 bits per heavy atom. The number of hydrogen-bond donors (Lipinski definition) is 1. The molecule has 2 heterocycles. The molecule has 2 saturated heterocycles. The zero-order chi connectivity index (χ0) is 14.6. The molecule has 20 heavy (non-hydrogen) atoms. The van der Waals surface area contributed by atoms with Crippen molar-refractivity contribution < 1.29 is 17.9 Å². The van der Waals surface area contributed by atoms with Crippen molar-refractivity contribution in [1.82, 2.24) is 9.80 Å². The number of primary sulfonamides is 1. The highest BCUT2D eigenvalue weighted by Crippen LogP contribution is 2.19. The van der Waals surface area contributed by atoms with Gasteiger partial charge in [0.2, 0.25) is 15.9 Å². The lowest BCUT2D eigenvalue weighted by Crippen LogP contribution is -2.38. The minimum absolute atomic E-state index is 0.0422. The number of rotatable bonds is 6. The summed E-state index contributed by atoms with van der Waals surface area (Å²) in [6, 6.07) is 0. The summed E-state index contributed by atoms with van der Waals surface area (Å²) in [5.74, 6) is -0.208. The molecule has 7 nitrogen and oxygen atoms in total. The van der Waals surface area contributed by atoms with E-state index >= 15 is 0 Å². The van der Waals surface area contributed by atoms with E-state index in [2.05, 4.69) is 4.90 Å². The number of nitrogens with zero attached hydrogens (tertiary/aromatic N) is 2. The van der Waals surface area contributed by atoms with E-state index in [4.69, 9.17) is 9.88 Å². The van der Waals surface area contributed by atoms with Gasteiger partial charge >= 0.3 is 0 Å². The first-order valence-corrected chi connectivity index (χ1v) is 8.74. The molecule has 0 bridgehead atoms. The maximum atomic E-state index is 11.8. The summed E-state index contributed by atoms with van der Waals surface area (Å²) >= 11 is 0. The Hall–Kier alpha value is -0.700. The molecule has 0 aromatic heterocycles. The van der Waals surface area contributed by atoms with E-state index in [1.54, 1.807) is 4.90 Å². The monoisotopic (exact) mass is 305 g/mol. The van der Waals surface area contributed by atoms with Crippen LogP contribution in [0.5, 0.6) is 0 Å². The molecule has 2 N–H and O–H groups in total. The molecule has 116 valence electrons. The third-order valence-corrected chi connectivity index (χ3v) is 4.70. The molecule has 2 aliphatic rings. The van der Waals surface area contributed by atoms with Crippen LogP contribution in [0.25, 0.3) is 0 Å². The fourth-order valence-electron chi connectivity index (χ4n) is 2.82. The van der Waals surface area contributed by atoms with Crippen LogP contribution in [0.2, 0.25) is 0 Å². The number of likely N-dealkylation sites (tertiary alicyclic amines) is 1. The molecule has 2 aliphatic heterocycles. The van der Waals surface area contributed by atoms with Crippen LogP contribution in [0.3, 0.4) is 0 Å². The van der Waals surface area contributed by atoms with E-state index in [0.717, 1.165) is 39.3 Å². The largest absolute Gasteiger partial charge is 0.379 e. The molecule has 0 aromatic rings. The minimum atomic E-state index is -3.49. The first-order valence-electron chi connectivity index (χ1n) is 7.02. The number of amides is 1. The summed E-state index contributed by atoms with van der Waals surface area (Å²) < 4.78 is 27.4. The fourth-order valence-corrected chi connectivity index (χ4v) is 3.70. The topological polar surface area (TPSA) is 92.9 Å². The standard InChI is InChI=1S/C12H23N3O4S/c13-20(17,18)10-11-8-12(16)15(9-11)3-1-2-14-4-6-19-7-5-14/h11H,1-10H2,(H2,13,17,18). The van der Waals surface area contributed by atoms with Gasteiger partial charge in [-0.25, -0.2) is 13.6 Å². The molecule has 2 fully saturated rings. The molecule has 0 radical (unpaired) electrons. The Morgan fingerprint density at radius 3 is 2.60 bits per heavy atom. The van der Waals surface area contributed by atoms with Gasteiger partial charge in [-0.15, -0.1) is 0 Å². The average Bonchev–Trinajstić information content (AvgIpc) is 2.68. The van der Waals surface area contributed by atoms with Crippen LogP contribution < -0.4 is 5.14 Å². The first-order chi connectivity index (χ1) is 9.44. The number of ether oxygens (including phenoxy) is 1. The second-order valence-corrected chi connectivity index (χ2v) is 7.21. The summed E-state index contributed by atoms with van der Waals surface area (Å²) in [4.78, 5) is 15.9. The van der Waals surface area contributed by atoms with Crippen LogP contribution in [-0.4, -0.2) is 75.8 Å². The van der Waals surface area contributed by atoms with Crippen molar-refractivity contribution >= 4 is 15.9 Å². The molecular formula is C12H23N3O4S. The van der Waals surface area contributed by atoms with Gasteiger partial charge in [0.1, 0.15) is 0 Å². The minimum Gasteiger partial charge on any atom is -0.379 e. The van der Waals surface area contributed by atoms with Gasteiger partial charge < -0.3 is 9.64 Å². The average molecular weight is 305 g/mol. The van der Waals surface area contributed by atoms with E-state index in [0.29, 0.717) is 19.5 Å². The second-order valence-electron chi connectivity index (χ2n) is 5.55. The molecular weight excluding hydrogens is 282 g/mol. The van der Waals surface area contributed by atoms with E-state index in [1.165, 1.54) is 0 Å². The molecule has 1 atom stereocenters. The maximum Gasteiger partial charge on any atom is 0.222 e. The highest BCUT2D eigenvalue weighted by atomic mass is 32.2. The third-order valence-electron chi connectivity index (χ3n) is 3.77. The summed E-state index contributed by atoms with van der Waals surface area (Å²) in [6.07, 6.45) is 1.21. The normalized spacial score (nSPS) is 25.4. The SMILES string of the molecule is NS(=O)(=O)CC1CC(=O)N(CCCN2CCOCC2)C1. The maximum absolute atomic E-state index is 11.8. The van der Waals surface area contributed by atoms with Crippen LogP contribution in [0, 0.1) is 5.92 Å². The van der Waals surface area contributed by atoms with E-state index in [1.807, 2.05) is 0 Å². The molecule has 0 spiro atoms. The quantitative estimate of drug-likeness (QED) is 0.668. The van der Waals surface area contributed by atoms with Gasteiger partial charge in [-0.3, -0.25) is 9.69 Å². The smallest absolute Gasteiger partial charge is 0.222 e. The summed E-state index contributed by atoms with van der Waals surface area (Å²) in [7, 11) is -3.49. The summed E-state index contributed by atoms with van der Waals surface area (Å²) in [6.45, 7) is 5.60. The van der Waals surface area contributed by atoms with Crippen molar-refractivity contribution in [3.63, 3.8) is 0 Å². The van der Waals surface area contributed by atoms with Crippen molar-refractivity contribution in [1.29, 1.82) is 0 Å². The summed E-state index contributed by atoms with van der Waals surface area (Å²) in [5.41, 5.74) is 0. The number of carbonyl (C=O) groups excluding carboxylic acids is 1. The Kier molecular flexibility index (Phi) is 5.36. The first kappa shape index (κ1) is 15.7. The van der Waals surface area contributed by atoms with Crippen molar-refractivity contribution in [3.8, 4) is 0 Å². The molecule has 0 aliphatic carbocycles. The van der Waals surface area contributed by atoms with Crippen molar-refractivity contribution in [2.24, 2.45) is 11.1 Å². The number of nitrogens with two attached hydrogens (primary N) is 1. The zero-order valence-electron chi connectivity index (χ0n) is 11.7.